The highest BCUT2D eigenvalue weighted by Gasteiger charge is 2.08. The summed E-state index contributed by atoms with van der Waals surface area (Å²) in [7, 11) is 0. The lowest BCUT2D eigenvalue weighted by molar-refractivity contribution is 0.0948. The number of rotatable bonds is 8. The highest BCUT2D eigenvalue weighted by Crippen LogP contribution is 2.05. The molecule has 0 spiro atoms. The van der Waals surface area contributed by atoms with Crippen molar-refractivity contribution in [3.05, 3.63) is 18.1 Å². The Morgan fingerprint density at radius 1 is 1.32 bits per heavy atom. The monoisotopic (exact) mass is 264 g/mol. The van der Waals surface area contributed by atoms with Crippen molar-refractivity contribution < 1.29 is 4.79 Å². The fraction of sp³-hybridized carbons (Fsp3) is 0.643. The summed E-state index contributed by atoms with van der Waals surface area (Å²) in [4.78, 5) is 20.0. The first-order chi connectivity index (χ1) is 9.13. The van der Waals surface area contributed by atoms with E-state index in [-0.39, 0.29) is 5.91 Å². The summed E-state index contributed by atoms with van der Waals surface area (Å²) in [5, 5.41) is 6.05. The zero-order chi connectivity index (χ0) is 14.1. The van der Waals surface area contributed by atoms with Gasteiger partial charge < -0.3 is 10.6 Å². The van der Waals surface area contributed by atoms with Crippen molar-refractivity contribution in [3.63, 3.8) is 0 Å². The number of amides is 1. The molecule has 0 unspecified atom stereocenters. The molecule has 0 aliphatic carbocycles. The Kier molecular flexibility index (Phi) is 6.85. The quantitative estimate of drug-likeness (QED) is 0.708. The van der Waals surface area contributed by atoms with E-state index in [2.05, 4.69) is 41.4 Å². The SMILES string of the molecule is CCCCCNC(=O)c1cc(NCC(C)C)ncn1. The van der Waals surface area contributed by atoms with Crippen molar-refractivity contribution in [2.45, 2.75) is 40.0 Å². The third-order valence-corrected chi connectivity index (χ3v) is 2.66. The Morgan fingerprint density at radius 2 is 2.11 bits per heavy atom. The number of nitrogens with one attached hydrogen (secondary N) is 2. The lowest BCUT2D eigenvalue weighted by Crippen LogP contribution is -2.25. The maximum absolute atomic E-state index is 11.9. The van der Waals surface area contributed by atoms with Crippen LogP contribution in [0.4, 0.5) is 5.82 Å². The van der Waals surface area contributed by atoms with Crippen LogP contribution in [0, 0.1) is 5.92 Å². The predicted octanol–water partition coefficient (Wildman–Crippen LogP) is 2.46. The van der Waals surface area contributed by atoms with E-state index in [1.807, 2.05) is 0 Å². The summed E-state index contributed by atoms with van der Waals surface area (Å²) in [6.45, 7) is 7.91. The number of aromatic nitrogens is 2. The molecule has 1 rings (SSSR count). The molecule has 19 heavy (non-hydrogen) atoms. The Balaban J connectivity index is 2.48. The number of unbranched alkanes of at least 4 members (excludes halogenated alkanes) is 2. The van der Waals surface area contributed by atoms with Crippen LogP contribution >= 0.6 is 0 Å². The van der Waals surface area contributed by atoms with E-state index in [9.17, 15) is 4.79 Å². The maximum Gasteiger partial charge on any atom is 0.270 e. The summed E-state index contributed by atoms with van der Waals surface area (Å²) >= 11 is 0. The summed E-state index contributed by atoms with van der Waals surface area (Å²) in [5.74, 6) is 1.09. The Hall–Kier alpha value is -1.65. The smallest absolute Gasteiger partial charge is 0.270 e. The van der Waals surface area contributed by atoms with Crippen molar-refractivity contribution in [2.75, 3.05) is 18.4 Å². The number of carbonyl (C=O) groups excluding carboxylic acids is 1. The van der Waals surface area contributed by atoms with E-state index in [0.717, 1.165) is 25.8 Å². The lowest BCUT2D eigenvalue weighted by atomic mass is 10.2. The van der Waals surface area contributed by atoms with Crippen LogP contribution < -0.4 is 10.6 Å². The van der Waals surface area contributed by atoms with Gasteiger partial charge in [-0.25, -0.2) is 9.97 Å². The summed E-state index contributed by atoms with van der Waals surface area (Å²) in [6.07, 6.45) is 4.70. The number of anilines is 1. The van der Waals surface area contributed by atoms with Crippen LogP contribution in [-0.4, -0.2) is 29.0 Å². The van der Waals surface area contributed by atoms with E-state index in [1.54, 1.807) is 6.07 Å². The van der Waals surface area contributed by atoms with Crippen molar-refractivity contribution >= 4 is 11.7 Å². The number of hydrogen-bond donors (Lipinski definition) is 2. The molecule has 0 saturated carbocycles. The molecule has 1 amide bonds. The van der Waals surface area contributed by atoms with Gasteiger partial charge in [-0.05, 0) is 12.3 Å². The maximum atomic E-state index is 11.9. The molecule has 2 N–H and O–H groups in total. The minimum absolute atomic E-state index is 0.133. The Bertz CT molecular complexity index is 393. The molecular formula is C14H24N4O. The predicted molar refractivity (Wildman–Crippen MR) is 77.2 cm³/mol. The van der Waals surface area contributed by atoms with Gasteiger partial charge in [0, 0.05) is 19.2 Å². The molecular weight excluding hydrogens is 240 g/mol. The van der Waals surface area contributed by atoms with E-state index in [4.69, 9.17) is 0 Å². The molecule has 1 aromatic heterocycles. The second-order valence-corrected chi connectivity index (χ2v) is 5.03. The number of nitrogens with zero attached hydrogens (tertiary/aromatic N) is 2. The van der Waals surface area contributed by atoms with Gasteiger partial charge in [0.25, 0.3) is 5.91 Å². The Morgan fingerprint density at radius 3 is 2.79 bits per heavy atom. The topological polar surface area (TPSA) is 66.9 Å². The van der Waals surface area contributed by atoms with Crippen molar-refractivity contribution in [1.82, 2.24) is 15.3 Å². The zero-order valence-electron chi connectivity index (χ0n) is 12.1. The van der Waals surface area contributed by atoms with Crippen LogP contribution in [0.2, 0.25) is 0 Å². The van der Waals surface area contributed by atoms with Gasteiger partial charge in [-0.15, -0.1) is 0 Å². The standard InChI is InChI=1S/C14H24N4O/c1-4-5-6-7-15-14(19)12-8-13(18-10-17-12)16-9-11(2)3/h8,10-11H,4-7,9H2,1-3H3,(H,15,19)(H,16,17,18). The van der Waals surface area contributed by atoms with E-state index in [0.29, 0.717) is 24.0 Å². The Labute approximate surface area is 115 Å². The molecule has 0 aromatic carbocycles. The highest BCUT2D eigenvalue weighted by molar-refractivity contribution is 5.92. The first-order valence-electron chi connectivity index (χ1n) is 6.97. The van der Waals surface area contributed by atoms with E-state index < -0.39 is 0 Å². The molecule has 1 heterocycles. The average molecular weight is 264 g/mol. The normalized spacial score (nSPS) is 10.5. The van der Waals surface area contributed by atoms with Gasteiger partial charge in [0.1, 0.15) is 17.8 Å². The third kappa shape index (κ3) is 6.18. The van der Waals surface area contributed by atoms with Crippen LogP contribution in [0.15, 0.2) is 12.4 Å². The molecule has 5 heteroatoms. The highest BCUT2D eigenvalue weighted by atomic mass is 16.1. The van der Waals surface area contributed by atoms with E-state index >= 15 is 0 Å². The molecule has 0 saturated heterocycles. The van der Waals surface area contributed by atoms with Crippen LogP contribution in [0.5, 0.6) is 0 Å². The fourth-order valence-electron chi connectivity index (χ4n) is 1.55. The van der Waals surface area contributed by atoms with Crippen LogP contribution in [0.3, 0.4) is 0 Å². The molecule has 0 fully saturated rings. The van der Waals surface area contributed by atoms with Gasteiger partial charge >= 0.3 is 0 Å². The average Bonchev–Trinajstić information content (AvgIpc) is 2.41. The van der Waals surface area contributed by atoms with Gasteiger partial charge in [0.15, 0.2) is 0 Å². The summed E-state index contributed by atoms with van der Waals surface area (Å²) in [5.41, 5.74) is 0.415. The first kappa shape index (κ1) is 15.4. The molecule has 0 atom stereocenters. The molecule has 1 aromatic rings. The summed E-state index contributed by atoms with van der Waals surface area (Å²) < 4.78 is 0. The minimum atomic E-state index is -0.133. The number of hydrogen-bond acceptors (Lipinski definition) is 4. The second kappa shape index (κ2) is 8.45. The van der Waals surface area contributed by atoms with Gasteiger partial charge in [-0.1, -0.05) is 33.6 Å². The van der Waals surface area contributed by atoms with Crippen LogP contribution in [0.1, 0.15) is 50.5 Å². The fourth-order valence-corrected chi connectivity index (χ4v) is 1.55. The van der Waals surface area contributed by atoms with Crippen molar-refractivity contribution in [1.29, 1.82) is 0 Å². The molecule has 0 radical (unpaired) electrons. The largest absolute Gasteiger partial charge is 0.370 e. The third-order valence-electron chi connectivity index (χ3n) is 2.66. The van der Waals surface area contributed by atoms with Gasteiger partial charge in [-0.3, -0.25) is 4.79 Å². The van der Waals surface area contributed by atoms with Gasteiger partial charge in [0.05, 0.1) is 0 Å². The van der Waals surface area contributed by atoms with E-state index in [1.165, 1.54) is 6.33 Å². The van der Waals surface area contributed by atoms with Crippen LogP contribution in [0.25, 0.3) is 0 Å². The second-order valence-electron chi connectivity index (χ2n) is 5.03. The molecule has 0 aliphatic rings. The first-order valence-corrected chi connectivity index (χ1v) is 6.97. The van der Waals surface area contributed by atoms with Crippen molar-refractivity contribution in [2.24, 2.45) is 5.92 Å². The van der Waals surface area contributed by atoms with Gasteiger partial charge in [-0.2, -0.15) is 0 Å². The minimum Gasteiger partial charge on any atom is -0.370 e. The summed E-state index contributed by atoms with van der Waals surface area (Å²) in [6, 6.07) is 1.69. The van der Waals surface area contributed by atoms with Crippen molar-refractivity contribution in [3.8, 4) is 0 Å². The molecule has 106 valence electrons. The van der Waals surface area contributed by atoms with Gasteiger partial charge in [0.2, 0.25) is 0 Å². The van der Waals surface area contributed by atoms with Crippen LogP contribution in [-0.2, 0) is 0 Å². The molecule has 5 nitrogen and oxygen atoms in total. The lowest BCUT2D eigenvalue weighted by Gasteiger charge is -2.09. The number of carbonyl (C=O) groups is 1. The zero-order valence-corrected chi connectivity index (χ0v) is 12.1. The molecule has 0 aliphatic heterocycles. The molecule has 0 bridgehead atoms.